The van der Waals surface area contributed by atoms with Crippen molar-refractivity contribution in [1.82, 2.24) is 0 Å². The molecular weight excluding hydrogens is 455 g/mol. The second-order valence-corrected chi connectivity index (χ2v) is 9.35. The second-order valence-electron chi connectivity index (χ2n) is 8.45. The van der Waals surface area contributed by atoms with Crippen LogP contribution in [-0.4, -0.2) is 29.5 Å². The van der Waals surface area contributed by atoms with Crippen molar-refractivity contribution < 1.29 is 62.8 Å². The normalized spacial score (nSPS) is 10.7. The average molecular weight is 505 g/mol. The van der Waals surface area contributed by atoms with E-state index in [0.29, 0.717) is 12.8 Å². The summed E-state index contributed by atoms with van der Waals surface area (Å²) < 4.78 is 36.5. The van der Waals surface area contributed by atoms with Crippen LogP contribution in [0.1, 0.15) is 144 Å². The molecule has 0 aromatic carbocycles. The molecule has 0 fully saturated rings. The van der Waals surface area contributed by atoms with E-state index in [2.05, 4.69) is 13.8 Å². The van der Waals surface area contributed by atoms with Gasteiger partial charge in [0.05, 0.1) is 0 Å². The third-order valence-electron chi connectivity index (χ3n) is 5.20. The molecule has 0 amide bonds. The zero-order chi connectivity index (χ0) is 24.5. The minimum Gasteiger partial charge on any atom is -1.00 e. The largest absolute Gasteiger partial charge is 1.00 e. The van der Waals surface area contributed by atoms with Crippen LogP contribution in [0.2, 0.25) is 0 Å². The Labute approximate surface area is 226 Å². The SMILES string of the molecule is CCCCCCCCCCCC(=O)OC(=O)CCCCCCCCCCC.O=S(=O)(O)O.[H-].[Na+]. The summed E-state index contributed by atoms with van der Waals surface area (Å²) in [5, 5.41) is 0. The van der Waals surface area contributed by atoms with Gasteiger partial charge in [0.2, 0.25) is 0 Å². The zero-order valence-electron chi connectivity index (χ0n) is 22.5. The molecule has 0 aromatic heterocycles. The van der Waals surface area contributed by atoms with Crippen molar-refractivity contribution in [3.05, 3.63) is 0 Å². The van der Waals surface area contributed by atoms with Gasteiger partial charge < -0.3 is 6.16 Å². The van der Waals surface area contributed by atoms with E-state index >= 15 is 0 Å². The van der Waals surface area contributed by atoms with Gasteiger partial charge in [0.1, 0.15) is 0 Å². The number of unbranched alkanes of at least 4 members (excludes halogenated alkanes) is 16. The van der Waals surface area contributed by atoms with E-state index in [4.69, 9.17) is 22.3 Å². The number of rotatable bonds is 20. The average Bonchev–Trinajstić information content (AvgIpc) is 2.70. The molecule has 2 N–H and O–H groups in total. The van der Waals surface area contributed by atoms with E-state index < -0.39 is 10.4 Å². The van der Waals surface area contributed by atoms with Gasteiger partial charge in [0.15, 0.2) is 0 Å². The summed E-state index contributed by atoms with van der Waals surface area (Å²) in [6, 6.07) is 0. The molecule has 0 aliphatic heterocycles. The van der Waals surface area contributed by atoms with Crippen molar-refractivity contribution in [3.8, 4) is 0 Å². The van der Waals surface area contributed by atoms with E-state index in [0.717, 1.165) is 25.7 Å². The molecule has 0 saturated heterocycles. The van der Waals surface area contributed by atoms with E-state index in [1.807, 2.05) is 0 Å². The van der Waals surface area contributed by atoms with Crippen LogP contribution in [0.5, 0.6) is 0 Å². The molecular formula is C24H49NaO7S. The molecule has 0 aliphatic rings. The molecule has 0 radical (unpaired) electrons. The smallest absolute Gasteiger partial charge is 1.00 e. The maximum absolute atomic E-state index is 11.7. The fourth-order valence-corrected chi connectivity index (χ4v) is 3.39. The number of carbonyl (C=O) groups excluding carboxylic acids is 2. The Morgan fingerprint density at radius 1 is 0.576 bits per heavy atom. The van der Waals surface area contributed by atoms with Crippen LogP contribution >= 0.6 is 0 Å². The van der Waals surface area contributed by atoms with Gasteiger partial charge in [0.25, 0.3) is 0 Å². The van der Waals surface area contributed by atoms with Crippen molar-refractivity contribution in [3.63, 3.8) is 0 Å². The summed E-state index contributed by atoms with van der Waals surface area (Å²) in [6.07, 6.45) is 22.8. The quantitative estimate of drug-likeness (QED) is 0.0831. The standard InChI is InChI=1S/C24H46O3.Na.H2O4S.H/c1-3-5-7-9-11-13-15-17-19-21-23(25)27-24(26)22-20-18-16-14-12-10-8-6-4-2;;1-5(2,3)4;/h3-22H2,1-2H3;;(H2,1,2,3,4);/q;+1;;-1. The predicted molar refractivity (Wildman–Crippen MR) is 130 cm³/mol. The number of carbonyl (C=O) groups is 2. The summed E-state index contributed by atoms with van der Waals surface area (Å²) in [4.78, 5) is 23.4. The van der Waals surface area contributed by atoms with Crippen molar-refractivity contribution in [2.75, 3.05) is 0 Å². The van der Waals surface area contributed by atoms with Crippen LogP contribution in [0.3, 0.4) is 0 Å². The van der Waals surface area contributed by atoms with Gasteiger partial charge >= 0.3 is 51.9 Å². The molecule has 9 heteroatoms. The number of ether oxygens (including phenoxy) is 1. The number of hydrogen-bond donors (Lipinski definition) is 2. The molecule has 0 rings (SSSR count). The van der Waals surface area contributed by atoms with Crippen molar-refractivity contribution in [1.29, 1.82) is 0 Å². The van der Waals surface area contributed by atoms with E-state index in [1.54, 1.807) is 0 Å². The van der Waals surface area contributed by atoms with Crippen molar-refractivity contribution >= 4 is 22.3 Å². The monoisotopic (exact) mass is 504 g/mol. The number of hydrogen-bond acceptors (Lipinski definition) is 5. The maximum atomic E-state index is 11.7. The fourth-order valence-electron chi connectivity index (χ4n) is 3.39. The third kappa shape index (κ3) is 42.6. The topological polar surface area (TPSA) is 118 Å². The Morgan fingerprint density at radius 2 is 0.788 bits per heavy atom. The number of esters is 2. The molecule has 0 bridgehead atoms. The van der Waals surface area contributed by atoms with E-state index in [1.165, 1.54) is 89.9 Å². The second kappa shape index (κ2) is 28.2. The van der Waals surface area contributed by atoms with E-state index in [-0.39, 0.29) is 42.9 Å². The summed E-state index contributed by atoms with van der Waals surface area (Å²) in [7, 11) is -4.67. The first-order valence-electron chi connectivity index (χ1n) is 12.6. The van der Waals surface area contributed by atoms with Crippen LogP contribution in [-0.2, 0) is 24.7 Å². The molecule has 0 spiro atoms. The molecule has 0 heterocycles. The van der Waals surface area contributed by atoms with Crippen LogP contribution < -0.4 is 29.6 Å². The van der Waals surface area contributed by atoms with Gasteiger partial charge in [-0.25, -0.2) is 0 Å². The Hall–Kier alpha value is 0.01000. The minimum absolute atomic E-state index is 0. The summed E-state index contributed by atoms with van der Waals surface area (Å²) >= 11 is 0. The molecule has 33 heavy (non-hydrogen) atoms. The van der Waals surface area contributed by atoms with Crippen LogP contribution in [0.25, 0.3) is 0 Å². The predicted octanol–water partition coefficient (Wildman–Crippen LogP) is 4.36. The molecule has 0 unspecified atom stereocenters. The van der Waals surface area contributed by atoms with Crippen molar-refractivity contribution in [2.24, 2.45) is 0 Å². The van der Waals surface area contributed by atoms with E-state index in [9.17, 15) is 9.59 Å². The summed E-state index contributed by atoms with van der Waals surface area (Å²) in [5.74, 6) is -0.669. The van der Waals surface area contributed by atoms with Gasteiger partial charge in [-0.1, -0.05) is 117 Å². The Balaban J connectivity index is -0.000000578. The molecule has 0 aromatic rings. The van der Waals surface area contributed by atoms with Gasteiger partial charge in [0, 0.05) is 12.8 Å². The molecule has 7 nitrogen and oxygen atoms in total. The van der Waals surface area contributed by atoms with Gasteiger partial charge in [-0.2, -0.15) is 8.42 Å². The maximum Gasteiger partial charge on any atom is 1.00 e. The van der Waals surface area contributed by atoms with Crippen LogP contribution in [0.15, 0.2) is 0 Å². The van der Waals surface area contributed by atoms with Crippen LogP contribution in [0.4, 0.5) is 0 Å². The minimum atomic E-state index is -4.67. The molecule has 194 valence electrons. The van der Waals surface area contributed by atoms with Crippen molar-refractivity contribution in [2.45, 2.75) is 142 Å². The Bertz CT molecular complexity index is 505. The van der Waals surface area contributed by atoms with Gasteiger partial charge in [-0.3, -0.25) is 18.7 Å². The zero-order valence-corrected chi connectivity index (χ0v) is 24.3. The summed E-state index contributed by atoms with van der Waals surface area (Å²) in [6.45, 7) is 4.47. The first-order valence-corrected chi connectivity index (χ1v) is 14.0. The molecule has 0 aliphatic carbocycles. The third-order valence-corrected chi connectivity index (χ3v) is 5.20. The summed E-state index contributed by atoms with van der Waals surface area (Å²) in [5.41, 5.74) is 0. The molecule has 0 atom stereocenters. The van der Waals surface area contributed by atoms with Gasteiger partial charge in [-0.15, -0.1) is 0 Å². The van der Waals surface area contributed by atoms with Gasteiger partial charge in [-0.05, 0) is 12.8 Å². The van der Waals surface area contributed by atoms with Crippen LogP contribution in [0, 0.1) is 0 Å². The first kappa shape index (κ1) is 37.6. The Morgan fingerprint density at radius 3 is 1.03 bits per heavy atom. The first-order chi connectivity index (χ1) is 15.2. The fraction of sp³-hybridized carbons (Fsp3) is 0.917. The molecule has 0 saturated carbocycles. The Kier molecular flexibility index (Phi) is 32.1.